The van der Waals surface area contributed by atoms with Crippen LogP contribution in [0.25, 0.3) is 22.6 Å². The van der Waals surface area contributed by atoms with Crippen molar-refractivity contribution in [3.8, 4) is 11.5 Å². The molecule has 0 atom stereocenters. The summed E-state index contributed by atoms with van der Waals surface area (Å²) in [5.41, 5.74) is 1.02. The summed E-state index contributed by atoms with van der Waals surface area (Å²) in [6.45, 7) is 0. The Morgan fingerprint density at radius 1 is 1.40 bits per heavy atom. The molecule has 2 aromatic heterocycles. The molecule has 0 radical (unpaired) electrons. The minimum absolute atomic E-state index is 0.104. The molecule has 0 aliphatic heterocycles. The highest BCUT2D eigenvalue weighted by Gasteiger charge is 2.20. The molecule has 0 aliphatic carbocycles. The van der Waals surface area contributed by atoms with Gasteiger partial charge in [-0.2, -0.15) is 5.10 Å². The molecular weight excluding hydrogens is 266 g/mol. The van der Waals surface area contributed by atoms with Gasteiger partial charge in [-0.15, -0.1) is 0 Å². The Balaban J connectivity index is 2.15. The van der Waals surface area contributed by atoms with Crippen molar-refractivity contribution in [3.05, 3.63) is 40.1 Å². The van der Waals surface area contributed by atoms with Crippen LogP contribution < -0.4 is 0 Å². The quantitative estimate of drug-likeness (QED) is 0.489. The highest BCUT2D eigenvalue weighted by Crippen LogP contribution is 2.26. The van der Waals surface area contributed by atoms with Crippen molar-refractivity contribution in [1.82, 2.24) is 20.2 Å². The van der Waals surface area contributed by atoms with Gasteiger partial charge in [0, 0.05) is 0 Å². The first-order valence-corrected chi connectivity index (χ1v) is 5.47. The van der Waals surface area contributed by atoms with Crippen LogP contribution in [0.4, 0.5) is 5.69 Å². The lowest BCUT2D eigenvalue weighted by molar-refractivity contribution is -0.384. The summed E-state index contributed by atoms with van der Waals surface area (Å²) in [5, 5.41) is 25.9. The van der Waals surface area contributed by atoms with E-state index in [1.165, 1.54) is 18.2 Å². The number of aromatic carboxylic acids is 1. The van der Waals surface area contributed by atoms with Gasteiger partial charge in [0.15, 0.2) is 11.5 Å². The molecule has 3 N–H and O–H groups in total. The summed E-state index contributed by atoms with van der Waals surface area (Å²) in [7, 11) is 0. The number of nitrogens with one attached hydrogen (secondary N) is 2. The number of H-pyrrole nitrogens is 2. The predicted molar refractivity (Wildman–Crippen MR) is 67.3 cm³/mol. The van der Waals surface area contributed by atoms with Gasteiger partial charge < -0.3 is 10.1 Å². The van der Waals surface area contributed by atoms with Crippen molar-refractivity contribution >= 4 is 22.7 Å². The number of rotatable bonds is 3. The normalized spacial score (nSPS) is 10.8. The van der Waals surface area contributed by atoms with E-state index in [1.54, 1.807) is 0 Å². The molecule has 9 nitrogen and oxygen atoms in total. The van der Waals surface area contributed by atoms with E-state index in [4.69, 9.17) is 5.11 Å². The first kappa shape index (κ1) is 11.8. The zero-order chi connectivity index (χ0) is 14.3. The maximum Gasteiger partial charge on any atom is 0.335 e. The van der Waals surface area contributed by atoms with E-state index in [0.717, 1.165) is 6.20 Å². The second-order valence-corrected chi connectivity index (χ2v) is 4.01. The molecule has 0 aliphatic rings. The molecule has 3 aromatic rings. The van der Waals surface area contributed by atoms with Gasteiger partial charge in [-0.05, 0) is 18.2 Å². The van der Waals surface area contributed by atoms with Crippen molar-refractivity contribution in [2.45, 2.75) is 0 Å². The second kappa shape index (κ2) is 4.16. The smallest absolute Gasteiger partial charge is 0.335 e. The van der Waals surface area contributed by atoms with Gasteiger partial charge in [0.25, 0.3) is 0 Å². The number of carboxylic acid groups (broad SMARTS) is 1. The lowest BCUT2D eigenvalue weighted by atomic mass is 10.2. The fourth-order valence-corrected chi connectivity index (χ4v) is 1.85. The number of aromatic nitrogens is 4. The summed E-state index contributed by atoms with van der Waals surface area (Å²) < 4.78 is 0. The zero-order valence-corrected chi connectivity index (χ0v) is 9.82. The van der Waals surface area contributed by atoms with Crippen LogP contribution in [0.3, 0.4) is 0 Å². The number of nitrogens with zero attached hydrogens (tertiary/aromatic N) is 3. The fraction of sp³-hybridized carbons (Fsp3) is 0. The standard InChI is InChI=1S/C11H7N5O4/c17-11(18)5-1-2-6-7(3-5)14-10(13-6)9-8(16(19)20)4-12-15-9/h1-4H,(H,12,15)(H,13,14)(H,17,18). The van der Waals surface area contributed by atoms with E-state index >= 15 is 0 Å². The summed E-state index contributed by atoms with van der Waals surface area (Å²) in [5.74, 6) is -0.831. The van der Waals surface area contributed by atoms with Crippen LogP contribution >= 0.6 is 0 Å². The van der Waals surface area contributed by atoms with Gasteiger partial charge >= 0.3 is 11.7 Å². The molecule has 0 amide bonds. The summed E-state index contributed by atoms with van der Waals surface area (Å²) in [4.78, 5) is 28.2. The van der Waals surface area contributed by atoms with Gasteiger partial charge in [-0.3, -0.25) is 15.2 Å². The van der Waals surface area contributed by atoms with Crippen molar-refractivity contribution in [2.24, 2.45) is 0 Å². The number of fused-ring (bicyclic) bond motifs is 1. The lowest BCUT2D eigenvalue weighted by Crippen LogP contribution is -1.94. The third kappa shape index (κ3) is 1.77. The Hall–Kier alpha value is -3.23. The monoisotopic (exact) mass is 273 g/mol. The van der Waals surface area contributed by atoms with Crippen LogP contribution in [0.1, 0.15) is 10.4 Å². The summed E-state index contributed by atoms with van der Waals surface area (Å²) >= 11 is 0. The summed E-state index contributed by atoms with van der Waals surface area (Å²) in [6.07, 6.45) is 1.09. The average Bonchev–Trinajstić information content (AvgIpc) is 3.03. The Morgan fingerprint density at radius 3 is 2.90 bits per heavy atom. The van der Waals surface area contributed by atoms with Crippen LogP contribution in [0.2, 0.25) is 0 Å². The molecule has 0 unspecified atom stereocenters. The van der Waals surface area contributed by atoms with Crippen LogP contribution in [0.15, 0.2) is 24.4 Å². The van der Waals surface area contributed by atoms with Crippen LogP contribution in [0.5, 0.6) is 0 Å². The van der Waals surface area contributed by atoms with E-state index in [-0.39, 0.29) is 22.8 Å². The van der Waals surface area contributed by atoms with Crippen LogP contribution in [-0.2, 0) is 0 Å². The summed E-state index contributed by atoms with van der Waals surface area (Å²) in [6, 6.07) is 4.36. The van der Waals surface area contributed by atoms with Gasteiger partial charge in [0.2, 0.25) is 0 Å². The minimum Gasteiger partial charge on any atom is -0.478 e. The maximum atomic E-state index is 10.9. The van der Waals surface area contributed by atoms with E-state index in [9.17, 15) is 14.9 Å². The number of carboxylic acids is 1. The van der Waals surface area contributed by atoms with Crippen molar-refractivity contribution < 1.29 is 14.8 Å². The largest absolute Gasteiger partial charge is 0.478 e. The maximum absolute atomic E-state index is 10.9. The highest BCUT2D eigenvalue weighted by atomic mass is 16.6. The molecule has 0 saturated carbocycles. The van der Waals surface area contributed by atoms with Gasteiger partial charge in [0.1, 0.15) is 6.20 Å². The number of carbonyl (C=O) groups is 1. The Kier molecular flexibility index (Phi) is 2.46. The predicted octanol–water partition coefficient (Wildman–Crippen LogP) is 1.56. The number of hydrogen-bond donors (Lipinski definition) is 3. The first-order valence-electron chi connectivity index (χ1n) is 5.47. The Morgan fingerprint density at radius 2 is 2.20 bits per heavy atom. The highest BCUT2D eigenvalue weighted by molar-refractivity contribution is 5.93. The molecule has 20 heavy (non-hydrogen) atoms. The molecule has 0 spiro atoms. The number of benzene rings is 1. The Bertz CT molecular complexity index is 834. The average molecular weight is 273 g/mol. The van der Waals surface area contributed by atoms with E-state index in [1.807, 2.05) is 0 Å². The van der Waals surface area contributed by atoms with Crippen LogP contribution in [0, 0.1) is 10.1 Å². The molecule has 0 fully saturated rings. The number of imidazole rings is 1. The molecule has 0 bridgehead atoms. The molecule has 2 heterocycles. The molecule has 9 heteroatoms. The molecule has 1 aromatic carbocycles. The van der Waals surface area contributed by atoms with Gasteiger partial charge in [-0.25, -0.2) is 9.78 Å². The molecule has 0 saturated heterocycles. The zero-order valence-electron chi connectivity index (χ0n) is 9.82. The SMILES string of the molecule is O=C(O)c1ccc2nc(-c3[nH]ncc3[N+](=O)[O-])[nH]c2c1. The number of aromatic amines is 2. The van der Waals surface area contributed by atoms with Crippen molar-refractivity contribution in [2.75, 3.05) is 0 Å². The number of nitro groups is 1. The fourth-order valence-electron chi connectivity index (χ4n) is 1.85. The lowest BCUT2D eigenvalue weighted by Gasteiger charge is -1.92. The van der Waals surface area contributed by atoms with E-state index in [0.29, 0.717) is 11.0 Å². The van der Waals surface area contributed by atoms with Crippen molar-refractivity contribution in [1.29, 1.82) is 0 Å². The van der Waals surface area contributed by atoms with Gasteiger partial charge in [0.05, 0.1) is 21.5 Å². The third-order valence-corrected chi connectivity index (χ3v) is 2.78. The van der Waals surface area contributed by atoms with Gasteiger partial charge in [-0.1, -0.05) is 0 Å². The minimum atomic E-state index is -1.06. The topological polar surface area (TPSA) is 138 Å². The Labute approximate surface area is 110 Å². The van der Waals surface area contributed by atoms with Crippen molar-refractivity contribution in [3.63, 3.8) is 0 Å². The second-order valence-electron chi connectivity index (χ2n) is 4.01. The van der Waals surface area contributed by atoms with E-state index < -0.39 is 10.9 Å². The number of hydrogen-bond acceptors (Lipinski definition) is 5. The molecule has 3 rings (SSSR count). The molecular formula is C11H7N5O4. The van der Waals surface area contributed by atoms with E-state index in [2.05, 4.69) is 20.2 Å². The van der Waals surface area contributed by atoms with Crippen LogP contribution in [-0.4, -0.2) is 36.2 Å². The molecule has 100 valence electrons. The first-order chi connectivity index (χ1) is 9.56. The third-order valence-electron chi connectivity index (χ3n) is 2.78.